The van der Waals surface area contributed by atoms with Crippen molar-refractivity contribution in [2.75, 3.05) is 11.1 Å². The molecule has 0 saturated carbocycles. The van der Waals surface area contributed by atoms with Gasteiger partial charge in [0.25, 0.3) is 0 Å². The Hall–Kier alpha value is -1.74. The van der Waals surface area contributed by atoms with Crippen LogP contribution in [0, 0.1) is 6.92 Å². The summed E-state index contributed by atoms with van der Waals surface area (Å²) in [6, 6.07) is 10.1. The zero-order valence-corrected chi connectivity index (χ0v) is 13.8. The lowest BCUT2D eigenvalue weighted by atomic mass is 9.91. The molecule has 0 radical (unpaired) electrons. The third-order valence-electron chi connectivity index (χ3n) is 3.48. The van der Waals surface area contributed by atoms with E-state index in [-0.39, 0.29) is 5.41 Å². The van der Waals surface area contributed by atoms with E-state index in [1.807, 2.05) is 18.2 Å². The number of nitrogens with one attached hydrogen (secondary N) is 1. The minimum absolute atomic E-state index is 0.0730. The van der Waals surface area contributed by atoms with Crippen LogP contribution in [0.25, 0.3) is 0 Å². The molecule has 1 heterocycles. The number of aryl methyl sites for hydroxylation is 1. The fourth-order valence-corrected chi connectivity index (χ4v) is 2.22. The molecule has 3 nitrogen and oxygen atoms in total. The third kappa shape index (κ3) is 3.67. The molecule has 4 heteroatoms. The third-order valence-corrected chi connectivity index (χ3v) is 3.80. The number of hydrogen-bond donors (Lipinski definition) is 2. The summed E-state index contributed by atoms with van der Waals surface area (Å²) in [4.78, 5) is 4.63. The molecule has 3 N–H and O–H groups in total. The van der Waals surface area contributed by atoms with E-state index in [1.54, 1.807) is 0 Å². The van der Waals surface area contributed by atoms with Crippen molar-refractivity contribution >= 4 is 23.1 Å². The number of pyridine rings is 1. The van der Waals surface area contributed by atoms with Crippen molar-refractivity contribution in [2.45, 2.75) is 39.7 Å². The van der Waals surface area contributed by atoms with Crippen molar-refractivity contribution in [1.82, 2.24) is 4.98 Å². The molecule has 1 aromatic carbocycles. The van der Waals surface area contributed by atoms with Crippen LogP contribution in [0.5, 0.6) is 0 Å². The van der Waals surface area contributed by atoms with Gasteiger partial charge in [-0.15, -0.1) is 0 Å². The van der Waals surface area contributed by atoms with Crippen LogP contribution in [0.3, 0.4) is 0 Å². The number of nitrogens with two attached hydrogens (primary N) is 1. The second kappa shape index (κ2) is 5.94. The number of nitrogen functional groups attached to an aromatic ring is 1. The summed E-state index contributed by atoms with van der Waals surface area (Å²) in [7, 11) is 0. The number of anilines is 2. The zero-order chi connectivity index (χ0) is 15.6. The lowest BCUT2D eigenvalue weighted by molar-refractivity contribution is 0.570. The predicted octanol–water partition coefficient (Wildman–Crippen LogP) is 4.54. The quantitative estimate of drug-likeness (QED) is 0.875. The van der Waals surface area contributed by atoms with Crippen molar-refractivity contribution < 1.29 is 0 Å². The molecule has 0 fully saturated rings. The molecule has 0 bridgehead atoms. The lowest BCUT2D eigenvalue weighted by Crippen LogP contribution is -2.16. The summed E-state index contributed by atoms with van der Waals surface area (Å²) in [6.45, 7) is 9.08. The van der Waals surface area contributed by atoms with Crippen LogP contribution in [0.2, 0.25) is 5.02 Å². The number of rotatable bonds is 3. The first kappa shape index (κ1) is 15.6. The maximum atomic E-state index is 6.23. The number of halogens is 1. The molecule has 0 spiro atoms. The molecule has 2 aromatic rings. The van der Waals surface area contributed by atoms with Gasteiger partial charge >= 0.3 is 0 Å². The Kier molecular flexibility index (Phi) is 4.43. The summed E-state index contributed by atoms with van der Waals surface area (Å²) in [6.07, 6.45) is 0. The fourth-order valence-electron chi connectivity index (χ4n) is 2.03. The highest BCUT2D eigenvalue weighted by molar-refractivity contribution is 6.33. The zero-order valence-electron chi connectivity index (χ0n) is 13.0. The maximum Gasteiger partial charge on any atom is 0.151 e. The van der Waals surface area contributed by atoms with E-state index in [1.165, 1.54) is 11.1 Å². The molecule has 0 aliphatic carbocycles. The summed E-state index contributed by atoms with van der Waals surface area (Å²) >= 11 is 6.23. The first-order valence-electron chi connectivity index (χ1n) is 7.04. The van der Waals surface area contributed by atoms with Crippen LogP contribution in [-0.4, -0.2) is 4.98 Å². The Morgan fingerprint density at radius 1 is 1.24 bits per heavy atom. The molecule has 0 unspecified atom stereocenters. The Morgan fingerprint density at radius 3 is 2.52 bits per heavy atom. The van der Waals surface area contributed by atoms with E-state index in [4.69, 9.17) is 17.3 Å². The van der Waals surface area contributed by atoms with Gasteiger partial charge in [0.15, 0.2) is 5.82 Å². The average molecular weight is 304 g/mol. The van der Waals surface area contributed by atoms with Crippen LogP contribution in [0.15, 0.2) is 30.3 Å². The molecule has 21 heavy (non-hydrogen) atoms. The molecule has 0 amide bonds. The standard InChI is InChI=1S/C17H22ClN3/c1-11-7-5-6-8-12(11)10-20-16-15(19)13(18)9-14(21-16)17(2,3)4/h5-9H,10,19H2,1-4H3,(H,20,21). The van der Waals surface area contributed by atoms with E-state index in [9.17, 15) is 0 Å². The van der Waals surface area contributed by atoms with Gasteiger partial charge in [-0.3, -0.25) is 0 Å². The summed E-state index contributed by atoms with van der Waals surface area (Å²) in [5.74, 6) is 0.649. The van der Waals surface area contributed by atoms with E-state index >= 15 is 0 Å². The molecule has 1 aromatic heterocycles. The van der Waals surface area contributed by atoms with Gasteiger partial charge in [-0.2, -0.15) is 0 Å². The predicted molar refractivity (Wildman–Crippen MR) is 90.9 cm³/mol. The van der Waals surface area contributed by atoms with Gasteiger partial charge in [0, 0.05) is 17.7 Å². The number of nitrogens with zero attached hydrogens (tertiary/aromatic N) is 1. The van der Waals surface area contributed by atoms with Crippen LogP contribution < -0.4 is 11.1 Å². The highest BCUT2D eigenvalue weighted by atomic mass is 35.5. The second-order valence-electron chi connectivity index (χ2n) is 6.28. The van der Waals surface area contributed by atoms with Crippen LogP contribution in [0.4, 0.5) is 11.5 Å². The summed E-state index contributed by atoms with van der Waals surface area (Å²) < 4.78 is 0. The van der Waals surface area contributed by atoms with E-state index in [0.717, 1.165) is 5.69 Å². The molecule has 0 aliphatic heterocycles. The Morgan fingerprint density at radius 2 is 1.90 bits per heavy atom. The minimum Gasteiger partial charge on any atom is -0.395 e. The number of benzene rings is 1. The minimum atomic E-state index is -0.0730. The van der Waals surface area contributed by atoms with Gasteiger partial charge in [-0.25, -0.2) is 4.98 Å². The van der Waals surface area contributed by atoms with Crippen molar-refractivity contribution in [3.05, 3.63) is 52.2 Å². The Bertz CT molecular complexity index is 645. The van der Waals surface area contributed by atoms with Crippen molar-refractivity contribution in [3.63, 3.8) is 0 Å². The highest BCUT2D eigenvalue weighted by Gasteiger charge is 2.19. The van der Waals surface area contributed by atoms with Gasteiger partial charge in [0.05, 0.1) is 10.7 Å². The molecule has 0 atom stereocenters. The van der Waals surface area contributed by atoms with E-state index in [2.05, 4.69) is 50.1 Å². The molecular formula is C17H22ClN3. The van der Waals surface area contributed by atoms with Gasteiger partial charge < -0.3 is 11.1 Å². The molecule has 2 rings (SSSR count). The maximum absolute atomic E-state index is 6.23. The summed E-state index contributed by atoms with van der Waals surface area (Å²) in [5.41, 5.74) is 9.85. The lowest BCUT2D eigenvalue weighted by Gasteiger charge is -2.20. The monoisotopic (exact) mass is 303 g/mol. The average Bonchev–Trinajstić information content (AvgIpc) is 2.40. The van der Waals surface area contributed by atoms with Gasteiger partial charge in [0.2, 0.25) is 0 Å². The SMILES string of the molecule is Cc1ccccc1CNc1nc(C(C)(C)C)cc(Cl)c1N. The van der Waals surface area contributed by atoms with Crippen LogP contribution in [-0.2, 0) is 12.0 Å². The fraction of sp³-hybridized carbons (Fsp3) is 0.353. The highest BCUT2D eigenvalue weighted by Crippen LogP contribution is 2.31. The second-order valence-corrected chi connectivity index (χ2v) is 6.69. The van der Waals surface area contributed by atoms with E-state index in [0.29, 0.717) is 23.1 Å². The molecule has 0 aliphatic rings. The summed E-state index contributed by atoms with van der Waals surface area (Å²) in [5, 5.41) is 3.85. The van der Waals surface area contributed by atoms with Gasteiger partial charge in [0.1, 0.15) is 0 Å². The number of hydrogen-bond acceptors (Lipinski definition) is 3. The van der Waals surface area contributed by atoms with Gasteiger partial charge in [-0.05, 0) is 24.1 Å². The smallest absolute Gasteiger partial charge is 0.151 e. The Labute approximate surface area is 131 Å². The van der Waals surface area contributed by atoms with Crippen molar-refractivity contribution in [1.29, 1.82) is 0 Å². The van der Waals surface area contributed by atoms with Gasteiger partial charge in [-0.1, -0.05) is 56.6 Å². The first-order chi connectivity index (χ1) is 9.79. The normalized spacial score (nSPS) is 11.5. The molecular weight excluding hydrogens is 282 g/mol. The van der Waals surface area contributed by atoms with E-state index < -0.39 is 0 Å². The largest absolute Gasteiger partial charge is 0.395 e. The first-order valence-corrected chi connectivity index (χ1v) is 7.41. The molecule has 112 valence electrons. The van der Waals surface area contributed by atoms with Crippen LogP contribution >= 0.6 is 11.6 Å². The molecule has 0 saturated heterocycles. The van der Waals surface area contributed by atoms with Crippen molar-refractivity contribution in [2.24, 2.45) is 0 Å². The van der Waals surface area contributed by atoms with Crippen molar-refractivity contribution in [3.8, 4) is 0 Å². The Balaban J connectivity index is 2.28. The van der Waals surface area contributed by atoms with Crippen LogP contribution in [0.1, 0.15) is 37.6 Å². The topological polar surface area (TPSA) is 50.9 Å². The number of aromatic nitrogens is 1.